The Labute approximate surface area is 97.4 Å². The van der Waals surface area contributed by atoms with Gasteiger partial charge in [0.15, 0.2) is 0 Å². The lowest BCUT2D eigenvalue weighted by atomic mass is 9.96. The first-order valence-corrected chi connectivity index (χ1v) is 6.64. The summed E-state index contributed by atoms with van der Waals surface area (Å²) in [5, 5.41) is 11.6. The average Bonchev–Trinajstić information content (AvgIpc) is 2.26. The molecule has 0 radical (unpaired) electrons. The maximum Gasteiger partial charge on any atom is 0.356 e. The fourth-order valence-corrected chi connectivity index (χ4v) is 2.85. The van der Waals surface area contributed by atoms with Crippen LogP contribution < -0.4 is 10.6 Å². The summed E-state index contributed by atoms with van der Waals surface area (Å²) >= 11 is 0. The molecule has 1 aliphatic heterocycles. The van der Waals surface area contributed by atoms with Crippen LogP contribution >= 0.6 is 7.60 Å². The second-order valence-electron chi connectivity index (χ2n) is 3.93. The van der Waals surface area contributed by atoms with Crippen molar-refractivity contribution in [3.8, 4) is 0 Å². The zero-order valence-electron chi connectivity index (χ0n) is 8.83. The number of rotatable bonds is 2. The van der Waals surface area contributed by atoms with Gasteiger partial charge in [0.25, 0.3) is 0 Å². The number of fused-ring (bicyclic) bond motifs is 1. The molecule has 0 aromatic heterocycles. The van der Waals surface area contributed by atoms with Gasteiger partial charge in [-0.1, -0.05) is 12.1 Å². The SMILES string of the molecule is O=C(O)C1Cc2c(cccc2P(=O)(O)O)CN1. The molecule has 1 atom stereocenters. The van der Waals surface area contributed by atoms with Crippen molar-refractivity contribution in [1.82, 2.24) is 5.32 Å². The largest absolute Gasteiger partial charge is 0.480 e. The minimum atomic E-state index is -4.36. The summed E-state index contributed by atoms with van der Waals surface area (Å²) < 4.78 is 11.3. The van der Waals surface area contributed by atoms with Gasteiger partial charge in [0.1, 0.15) is 6.04 Å². The highest BCUT2D eigenvalue weighted by Gasteiger charge is 2.30. The van der Waals surface area contributed by atoms with Gasteiger partial charge in [0.05, 0.1) is 5.30 Å². The number of benzene rings is 1. The molecular weight excluding hydrogens is 245 g/mol. The van der Waals surface area contributed by atoms with Crippen molar-refractivity contribution in [2.75, 3.05) is 0 Å². The lowest BCUT2D eigenvalue weighted by Crippen LogP contribution is -2.43. The average molecular weight is 257 g/mol. The van der Waals surface area contributed by atoms with E-state index in [-0.39, 0.29) is 11.7 Å². The van der Waals surface area contributed by atoms with Crippen LogP contribution in [0.5, 0.6) is 0 Å². The summed E-state index contributed by atoms with van der Waals surface area (Å²) in [4.78, 5) is 29.3. The number of hydrogen-bond acceptors (Lipinski definition) is 3. The normalized spacial score (nSPS) is 19.8. The standard InChI is InChI=1S/C10H12NO5P/c12-10(13)8-4-7-6(5-11-8)2-1-3-9(7)17(14,15)16/h1-3,8,11H,4-5H2,(H,12,13)(H2,14,15,16). The summed E-state index contributed by atoms with van der Waals surface area (Å²) in [6.07, 6.45) is 0.0892. The zero-order valence-corrected chi connectivity index (χ0v) is 9.72. The second-order valence-corrected chi connectivity index (χ2v) is 5.50. The lowest BCUT2D eigenvalue weighted by molar-refractivity contribution is -0.139. The maximum atomic E-state index is 11.3. The summed E-state index contributed by atoms with van der Waals surface area (Å²) in [5.41, 5.74) is 1.19. The third kappa shape index (κ3) is 2.40. The Kier molecular flexibility index (Phi) is 3.05. The third-order valence-corrected chi connectivity index (χ3v) is 3.85. The van der Waals surface area contributed by atoms with Gasteiger partial charge >= 0.3 is 13.6 Å². The van der Waals surface area contributed by atoms with Crippen LogP contribution in [0.2, 0.25) is 0 Å². The molecule has 1 heterocycles. The molecule has 0 fully saturated rings. The molecule has 0 saturated heterocycles. The van der Waals surface area contributed by atoms with Crippen molar-refractivity contribution in [1.29, 1.82) is 0 Å². The maximum absolute atomic E-state index is 11.3. The topological polar surface area (TPSA) is 107 Å². The molecule has 0 bridgehead atoms. The van der Waals surface area contributed by atoms with Crippen LogP contribution in [0, 0.1) is 0 Å². The van der Waals surface area contributed by atoms with Crippen LogP contribution in [0.1, 0.15) is 11.1 Å². The van der Waals surface area contributed by atoms with Crippen LogP contribution in [-0.2, 0) is 22.3 Å². The fourth-order valence-electron chi connectivity index (χ4n) is 1.98. The molecular formula is C10H12NO5P. The minimum Gasteiger partial charge on any atom is -0.480 e. The van der Waals surface area contributed by atoms with Crippen molar-refractivity contribution < 1.29 is 24.3 Å². The van der Waals surface area contributed by atoms with Crippen molar-refractivity contribution in [3.63, 3.8) is 0 Å². The van der Waals surface area contributed by atoms with E-state index in [9.17, 15) is 19.1 Å². The molecule has 1 aromatic carbocycles. The number of carbonyl (C=O) groups is 1. The Morgan fingerprint density at radius 1 is 1.41 bits per heavy atom. The highest BCUT2D eigenvalue weighted by molar-refractivity contribution is 7.60. The number of carboxylic acid groups (broad SMARTS) is 1. The van der Waals surface area contributed by atoms with E-state index < -0.39 is 19.6 Å². The van der Waals surface area contributed by atoms with Gasteiger partial charge in [-0.3, -0.25) is 9.36 Å². The van der Waals surface area contributed by atoms with Crippen LogP contribution in [0.25, 0.3) is 0 Å². The van der Waals surface area contributed by atoms with Crippen molar-refractivity contribution in [2.24, 2.45) is 0 Å². The van der Waals surface area contributed by atoms with Crippen molar-refractivity contribution in [2.45, 2.75) is 19.0 Å². The summed E-state index contributed by atoms with van der Waals surface area (Å²) in [6.45, 7) is 0.306. The van der Waals surface area contributed by atoms with Gasteiger partial charge in [-0.05, 0) is 23.6 Å². The van der Waals surface area contributed by atoms with Gasteiger partial charge in [-0.15, -0.1) is 0 Å². The first-order chi connectivity index (χ1) is 7.89. The number of carboxylic acids is 1. The molecule has 17 heavy (non-hydrogen) atoms. The molecule has 92 valence electrons. The smallest absolute Gasteiger partial charge is 0.356 e. The highest BCUT2D eigenvalue weighted by atomic mass is 31.2. The Balaban J connectivity index is 2.47. The lowest BCUT2D eigenvalue weighted by Gasteiger charge is -2.25. The molecule has 0 aliphatic carbocycles. The first-order valence-electron chi connectivity index (χ1n) is 5.02. The number of aliphatic carboxylic acids is 1. The zero-order chi connectivity index (χ0) is 12.6. The number of nitrogens with one attached hydrogen (secondary N) is 1. The fraction of sp³-hybridized carbons (Fsp3) is 0.300. The van der Waals surface area contributed by atoms with E-state index in [1.54, 1.807) is 12.1 Å². The molecule has 1 unspecified atom stereocenters. The van der Waals surface area contributed by atoms with E-state index >= 15 is 0 Å². The predicted octanol–water partition coefficient (Wildman–Crippen LogP) is -0.412. The molecule has 6 nitrogen and oxygen atoms in total. The molecule has 0 saturated carbocycles. The number of hydrogen-bond donors (Lipinski definition) is 4. The molecule has 4 N–H and O–H groups in total. The first kappa shape index (κ1) is 12.3. The molecule has 1 aromatic rings. The molecule has 7 heteroatoms. The quantitative estimate of drug-likeness (QED) is 0.536. The molecule has 0 spiro atoms. The summed E-state index contributed by atoms with van der Waals surface area (Å²) in [5.74, 6) is -1.02. The van der Waals surface area contributed by atoms with Crippen molar-refractivity contribution >= 4 is 18.9 Å². The Hall–Kier alpha value is -1.20. The monoisotopic (exact) mass is 257 g/mol. The third-order valence-electron chi connectivity index (χ3n) is 2.81. The Morgan fingerprint density at radius 3 is 2.71 bits per heavy atom. The van der Waals surface area contributed by atoms with Gasteiger partial charge in [-0.25, -0.2) is 0 Å². The van der Waals surface area contributed by atoms with Crippen LogP contribution in [0.3, 0.4) is 0 Å². The van der Waals surface area contributed by atoms with Crippen molar-refractivity contribution in [3.05, 3.63) is 29.3 Å². The van der Waals surface area contributed by atoms with E-state index in [0.29, 0.717) is 12.1 Å². The van der Waals surface area contributed by atoms with Crippen LogP contribution in [0.15, 0.2) is 18.2 Å². The molecule has 1 aliphatic rings. The highest BCUT2D eigenvalue weighted by Crippen LogP contribution is 2.36. The van der Waals surface area contributed by atoms with E-state index in [1.165, 1.54) is 6.07 Å². The van der Waals surface area contributed by atoms with Gasteiger partial charge < -0.3 is 20.2 Å². The van der Waals surface area contributed by atoms with Gasteiger partial charge in [0.2, 0.25) is 0 Å². The molecule has 2 rings (SSSR count). The Bertz CT molecular complexity index is 509. The van der Waals surface area contributed by atoms with E-state index in [0.717, 1.165) is 5.56 Å². The predicted molar refractivity (Wildman–Crippen MR) is 60.1 cm³/mol. The molecule has 0 amide bonds. The van der Waals surface area contributed by atoms with Crippen LogP contribution in [-0.4, -0.2) is 26.9 Å². The van der Waals surface area contributed by atoms with Crippen LogP contribution in [0.4, 0.5) is 0 Å². The van der Waals surface area contributed by atoms with Gasteiger partial charge in [-0.2, -0.15) is 0 Å². The van der Waals surface area contributed by atoms with Gasteiger partial charge in [0, 0.05) is 6.54 Å². The van der Waals surface area contributed by atoms with E-state index in [4.69, 9.17) is 5.11 Å². The van der Waals surface area contributed by atoms with E-state index in [2.05, 4.69) is 5.32 Å². The second kappa shape index (κ2) is 4.23. The Morgan fingerprint density at radius 2 is 2.12 bits per heavy atom. The summed E-state index contributed by atoms with van der Waals surface area (Å²) in [6, 6.07) is 3.86. The summed E-state index contributed by atoms with van der Waals surface area (Å²) in [7, 11) is -4.36. The minimum absolute atomic E-state index is 0.0669. The van der Waals surface area contributed by atoms with E-state index in [1.807, 2.05) is 0 Å².